The van der Waals surface area contributed by atoms with Crippen LogP contribution in [0.2, 0.25) is 0 Å². The summed E-state index contributed by atoms with van der Waals surface area (Å²) >= 11 is 0. The molecule has 2 atom stereocenters. The van der Waals surface area contributed by atoms with Crippen molar-refractivity contribution in [3.8, 4) is 0 Å². The van der Waals surface area contributed by atoms with Gasteiger partial charge in [-0.1, -0.05) is 6.07 Å². The second-order valence-corrected chi connectivity index (χ2v) is 5.05. The predicted molar refractivity (Wildman–Crippen MR) is 85.1 cm³/mol. The molecule has 6 nitrogen and oxygen atoms in total. The van der Waals surface area contributed by atoms with E-state index in [1.807, 2.05) is 31.2 Å². The molecule has 1 aromatic heterocycles. The molecule has 0 fully saturated rings. The van der Waals surface area contributed by atoms with Crippen LogP contribution in [0, 0.1) is 0 Å². The molecule has 6 heteroatoms. The van der Waals surface area contributed by atoms with E-state index in [-0.39, 0.29) is 12.2 Å². The summed E-state index contributed by atoms with van der Waals surface area (Å²) in [6, 6.07) is 10.0. The minimum Gasteiger partial charge on any atom is -0.363 e. The Morgan fingerprint density at radius 3 is 3.14 bits per heavy atom. The molecule has 2 aliphatic heterocycles. The van der Waals surface area contributed by atoms with Crippen molar-refractivity contribution in [1.82, 2.24) is 10.3 Å². The van der Waals surface area contributed by atoms with Crippen LogP contribution in [-0.4, -0.2) is 35.2 Å². The van der Waals surface area contributed by atoms with Gasteiger partial charge in [-0.25, -0.2) is 15.0 Å². The number of aliphatic imine (C=N–C) groups is 3. The lowest BCUT2D eigenvalue weighted by Gasteiger charge is -2.23. The second-order valence-electron chi connectivity index (χ2n) is 5.05. The van der Waals surface area contributed by atoms with Crippen LogP contribution < -0.4 is 10.6 Å². The Morgan fingerprint density at radius 2 is 2.19 bits per heavy atom. The Kier molecular flexibility index (Phi) is 2.67. The topological polar surface area (TPSA) is 74.0 Å². The van der Waals surface area contributed by atoms with Gasteiger partial charge < -0.3 is 10.6 Å². The summed E-state index contributed by atoms with van der Waals surface area (Å²) in [5.41, 5.74) is 1.96. The average molecular weight is 278 g/mol. The first-order valence-electron chi connectivity index (χ1n) is 6.82. The molecule has 1 aromatic carbocycles. The van der Waals surface area contributed by atoms with E-state index in [0.717, 1.165) is 28.3 Å². The molecule has 2 aliphatic rings. The van der Waals surface area contributed by atoms with Gasteiger partial charge in [-0.15, -0.1) is 0 Å². The third-order valence-electron chi connectivity index (χ3n) is 3.55. The highest BCUT2D eigenvalue weighted by molar-refractivity contribution is 6.09. The van der Waals surface area contributed by atoms with Crippen molar-refractivity contribution in [3.05, 3.63) is 36.5 Å². The fourth-order valence-corrected chi connectivity index (χ4v) is 2.57. The Hall–Kier alpha value is -2.76. The second kappa shape index (κ2) is 4.66. The maximum Gasteiger partial charge on any atom is 0.170 e. The molecule has 0 aliphatic carbocycles. The highest BCUT2D eigenvalue weighted by Crippen LogP contribution is 2.20. The van der Waals surface area contributed by atoms with Crippen molar-refractivity contribution in [3.63, 3.8) is 0 Å². The summed E-state index contributed by atoms with van der Waals surface area (Å²) in [6.07, 6.45) is 3.37. The zero-order valence-corrected chi connectivity index (χ0v) is 11.5. The van der Waals surface area contributed by atoms with Gasteiger partial charge in [0.05, 0.1) is 11.9 Å². The number of hydrogen-bond acceptors (Lipinski definition) is 6. The quantitative estimate of drug-likeness (QED) is 0.835. The van der Waals surface area contributed by atoms with Crippen LogP contribution in [0.3, 0.4) is 0 Å². The molecule has 2 aromatic rings. The van der Waals surface area contributed by atoms with Crippen molar-refractivity contribution in [1.29, 1.82) is 0 Å². The molecule has 0 saturated carbocycles. The zero-order chi connectivity index (χ0) is 14.2. The van der Waals surface area contributed by atoms with Gasteiger partial charge in [0, 0.05) is 17.3 Å². The number of hydrogen-bond donors (Lipinski definition) is 2. The number of nitrogens with one attached hydrogen (secondary N) is 2. The largest absolute Gasteiger partial charge is 0.363 e. The summed E-state index contributed by atoms with van der Waals surface area (Å²) < 4.78 is 0. The number of fused-ring (bicyclic) bond motifs is 2. The molecule has 0 amide bonds. The van der Waals surface area contributed by atoms with Gasteiger partial charge in [0.25, 0.3) is 0 Å². The van der Waals surface area contributed by atoms with E-state index in [0.29, 0.717) is 0 Å². The van der Waals surface area contributed by atoms with Crippen LogP contribution in [0.1, 0.15) is 6.92 Å². The molecule has 2 unspecified atom stereocenters. The minimum atomic E-state index is -0.118. The van der Waals surface area contributed by atoms with Crippen molar-refractivity contribution < 1.29 is 0 Å². The van der Waals surface area contributed by atoms with E-state index < -0.39 is 0 Å². The molecule has 0 radical (unpaired) electrons. The third-order valence-corrected chi connectivity index (χ3v) is 3.55. The van der Waals surface area contributed by atoms with Gasteiger partial charge >= 0.3 is 0 Å². The van der Waals surface area contributed by atoms with Gasteiger partial charge in [-0.3, -0.25) is 4.98 Å². The van der Waals surface area contributed by atoms with Crippen LogP contribution in [0.4, 0.5) is 5.69 Å². The van der Waals surface area contributed by atoms with Gasteiger partial charge in [0.15, 0.2) is 6.17 Å². The Balaban J connectivity index is 1.66. The van der Waals surface area contributed by atoms with Gasteiger partial charge in [-0.05, 0) is 31.2 Å². The lowest BCUT2D eigenvalue weighted by molar-refractivity contribution is 0.647. The number of amidine groups is 2. The molecule has 0 spiro atoms. The number of benzene rings is 1. The molecule has 3 heterocycles. The molecule has 21 heavy (non-hydrogen) atoms. The van der Waals surface area contributed by atoms with Crippen molar-refractivity contribution in [2.45, 2.75) is 19.1 Å². The smallest absolute Gasteiger partial charge is 0.170 e. The molecule has 2 N–H and O–H groups in total. The number of rotatable bonds is 1. The van der Waals surface area contributed by atoms with Crippen LogP contribution in [0.15, 0.2) is 51.5 Å². The first-order chi connectivity index (χ1) is 10.3. The Bertz CT molecular complexity index is 792. The summed E-state index contributed by atoms with van der Waals surface area (Å²) in [4.78, 5) is 17.5. The molecule has 0 saturated heterocycles. The summed E-state index contributed by atoms with van der Waals surface area (Å²) in [5, 5.41) is 7.65. The number of nitrogens with zero attached hydrogens (tertiary/aromatic N) is 4. The lowest BCUT2D eigenvalue weighted by Crippen LogP contribution is -2.45. The number of pyridine rings is 1. The fraction of sp³-hybridized carbons (Fsp3) is 0.200. The predicted octanol–water partition coefficient (Wildman–Crippen LogP) is 1.80. The SMILES string of the molecule is CC1=NC2N=CNC2C(Nc2ccc3ncccc3c2)=N1. The summed E-state index contributed by atoms with van der Waals surface area (Å²) in [6.45, 7) is 1.88. The Labute approximate surface area is 121 Å². The van der Waals surface area contributed by atoms with E-state index in [9.17, 15) is 0 Å². The van der Waals surface area contributed by atoms with Crippen molar-refractivity contribution in [2.24, 2.45) is 15.0 Å². The summed E-state index contributed by atoms with van der Waals surface area (Å²) in [7, 11) is 0. The monoisotopic (exact) mass is 278 g/mol. The molecule has 0 bridgehead atoms. The lowest BCUT2D eigenvalue weighted by atomic mass is 10.1. The minimum absolute atomic E-state index is 0.0155. The average Bonchev–Trinajstić information content (AvgIpc) is 2.95. The zero-order valence-electron chi connectivity index (χ0n) is 11.5. The first kappa shape index (κ1) is 12.0. The Morgan fingerprint density at radius 1 is 1.24 bits per heavy atom. The van der Waals surface area contributed by atoms with Gasteiger partial charge in [0.1, 0.15) is 17.7 Å². The van der Waals surface area contributed by atoms with E-state index in [1.54, 1.807) is 12.5 Å². The summed E-state index contributed by atoms with van der Waals surface area (Å²) in [5.74, 6) is 1.58. The van der Waals surface area contributed by atoms with Gasteiger partial charge in [0.2, 0.25) is 0 Å². The van der Waals surface area contributed by atoms with Crippen molar-refractivity contribution in [2.75, 3.05) is 5.32 Å². The van der Waals surface area contributed by atoms with E-state index >= 15 is 0 Å². The highest BCUT2D eigenvalue weighted by Gasteiger charge is 2.31. The fourth-order valence-electron chi connectivity index (χ4n) is 2.57. The maximum absolute atomic E-state index is 4.50. The third kappa shape index (κ3) is 2.14. The van der Waals surface area contributed by atoms with Crippen LogP contribution in [-0.2, 0) is 0 Å². The first-order valence-corrected chi connectivity index (χ1v) is 6.82. The normalized spacial score (nSPS) is 23.3. The van der Waals surface area contributed by atoms with Crippen LogP contribution >= 0.6 is 0 Å². The van der Waals surface area contributed by atoms with E-state index in [2.05, 4.69) is 36.7 Å². The molecular formula is C15H14N6. The highest BCUT2D eigenvalue weighted by atomic mass is 15.3. The van der Waals surface area contributed by atoms with Gasteiger partial charge in [-0.2, -0.15) is 0 Å². The molecule has 4 rings (SSSR count). The maximum atomic E-state index is 4.50. The number of anilines is 1. The molecular weight excluding hydrogens is 264 g/mol. The standard InChI is InChI=1S/C15H14N6/c1-9-19-14-13(17-8-18-14)15(20-9)21-11-4-5-12-10(7-11)3-2-6-16-12/h2-8,13-14H,1H3,(H,17,18)(H,19,20,21). The van der Waals surface area contributed by atoms with E-state index in [1.165, 1.54) is 0 Å². The van der Waals surface area contributed by atoms with Crippen LogP contribution in [0.5, 0.6) is 0 Å². The molecule has 104 valence electrons. The van der Waals surface area contributed by atoms with E-state index in [4.69, 9.17) is 0 Å². The van der Waals surface area contributed by atoms with Crippen molar-refractivity contribution >= 4 is 34.6 Å². The van der Waals surface area contributed by atoms with Crippen LogP contribution in [0.25, 0.3) is 10.9 Å². The number of aromatic nitrogens is 1.